The first-order chi connectivity index (χ1) is 6.75. The number of hydrogen-bond donors (Lipinski definition) is 1. The molecule has 2 heterocycles. The summed E-state index contributed by atoms with van der Waals surface area (Å²) in [5.41, 5.74) is 9.44. The lowest BCUT2D eigenvalue weighted by Gasteiger charge is -2.02. The van der Waals surface area contributed by atoms with Crippen LogP contribution in [0.5, 0.6) is 0 Å². The maximum atomic E-state index is 5.66. The Bertz CT molecular complexity index is 408. The van der Waals surface area contributed by atoms with Crippen molar-refractivity contribution in [2.24, 2.45) is 0 Å². The molecule has 0 atom stereocenters. The number of pyridine rings is 2. The van der Waals surface area contributed by atoms with E-state index in [0.717, 1.165) is 16.8 Å². The Hall–Kier alpha value is -1.90. The molecule has 0 unspecified atom stereocenters. The highest BCUT2D eigenvalue weighted by Gasteiger charge is 1.98. The zero-order valence-corrected chi connectivity index (χ0v) is 7.94. The summed E-state index contributed by atoms with van der Waals surface area (Å²) in [6.07, 6.45) is 5.22. The van der Waals surface area contributed by atoms with Crippen LogP contribution in [-0.4, -0.2) is 9.97 Å². The maximum absolute atomic E-state index is 5.66. The Labute approximate surface area is 82.6 Å². The van der Waals surface area contributed by atoms with Gasteiger partial charge in [-0.1, -0.05) is 0 Å². The molecule has 70 valence electrons. The van der Waals surface area contributed by atoms with Crippen LogP contribution >= 0.6 is 0 Å². The molecule has 2 N–H and O–H groups in total. The summed E-state index contributed by atoms with van der Waals surface area (Å²) in [4.78, 5) is 8.18. The van der Waals surface area contributed by atoms with Gasteiger partial charge in [0.25, 0.3) is 0 Å². The molecule has 0 fully saturated rings. The molecule has 2 aromatic heterocycles. The number of aromatic nitrogens is 2. The van der Waals surface area contributed by atoms with Gasteiger partial charge >= 0.3 is 0 Å². The summed E-state index contributed by atoms with van der Waals surface area (Å²) in [7, 11) is 0. The molecule has 2 aromatic rings. The van der Waals surface area contributed by atoms with E-state index in [1.54, 1.807) is 18.6 Å². The molecule has 0 radical (unpaired) electrons. The summed E-state index contributed by atoms with van der Waals surface area (Å²) in [5, 5.41) is 0. The Balaban J connectivity index is 2.49. The average molecular weight is 185 g/mol. The van der Waals surface area contributed by atoms with Gasteiger partial charge in [0.1, 0.15) is 0 Å². The van der Waals surface area contributed by atoms with Gasteiger partial charge in [-0.05, 0) is 30.7 Å². The number of nitrogen functional groups attached to an aromatic ring is 1. The van der Waals surface area contributed by atoms with Gasteiger partial charge in [-0.25, -0.2) is 0 Å². The zero-order chi connectivity index (χ0) is 9.97. The third kappa shape index (κ3) is 1.71. The van der Waals surface area contributed by atoms with E-state index >= 15 is 0 Å². The van der Waals surface area contributed by atoms with Crippen LogP contribution in [0.3, 0.4) is 0 Å². The predicted molar refractivity (Wildman–Crippen MR) is 56.6 cm³/mol. The summed E-state index contributed by atoms with van der Waals surface area (Å²) in [6, 6.07) is 5.86. The molecule has 0 aliphatic carbocycles. The average Bonchev–Trinajstić information content (AvgIpc) is 2.18. The van der Waals surface area contributed by atoms with Crippen molar-refractivity contribution in [1.82, 2.24) is 9.97 Å². The van der Waals surface area contributed by atoms with E-state index in [4.69, 9.17) is 5.73 Å². The van der Waals surface area contributed by atoms with Crippen LogP contribution in [0.1, 0.15) is 5.69 Å². The summed E-state index contributed by atoms with van der Waals surface area (Å²) in [6.45, 7) is 1.96. The standard InChI is InChI=1S/C11H11N3/c1-8-4-9(2-3-14-8)10-5-11(12)7-13-6-10/h2-7H,12H2,1H3. The molecule has 2 rings (SSSR count). The number of aryl methyl sites for hydroxylation is 1. The predicted octanol–water partition coefficient (Wildman–Crippen LogP) is 2.03. The van der Waals surface area contributed by atoms with Crippen molar-refractivity contribution in [3.63, 3.8) is 0 Å². The van der Waals surface area contributed by atoms with Gasteiger partial charge in [0.05, 0.1) is 5.69 Å². The topological polar surface area (TPSA) is 51.8 Å². The van der Waals surface area contributed by atoms with Gasteiger partial charge in [0.15, 0.2) is 0 Å². The van der Waals surface area contributed by atoms with Crippen LogP contribution in [0.15, 0.2) is 36.8 Å². The summed E-state index contributed by atoms with van der Waals surface area (Å²) < 4.78 is 0. The molecule has 3 nitrogen and oxygen atoms in total. The highest BCUT2D eigenvalue weighted by Crippen LogP contribution is 2.19. The van der Waals surface area contributed by atoms with Crippen molar-refractivity contribution in [3.05, 3.63) is 42.5 Å². The lowest BCUT2D eigenvalue weighted by molar-refractivity contribution is 1.20. The Morgan fingerprint density at radius 3 is 2.71 bits per heavy atom. The Morgan fingerprint density at radius 2 is 2.00 bits per heavy atom. The number of nitrogens with zero attached hydrogens (tertiary/aromatic N) is 2. The first kappa shape index (κ1) is 8.69. The Morgan fingerprint density at radius 1 is 1.14 bits per heavy atom. The van der Waals surface area contributed by atoms with Gasteiger partial charge in [-0.3, -0.25) is 9.97 Å². The molecule has 0 aliphatic heterocycles. The van der Waals surface area contributed by atoms with E-state index in [2.05, 4.69) is 9.97 Å². The molecule has 0 saturated heterocycles. The largest absolute Gasteiger partial charge is 0.397 e. The number of anilines is 1. The SMILES string of the molecule is Cc1cc(-c2cncc(N)c2)ccn1. The third-order valence-corrected chi connectivity index (χ3v) is 1.99. The van der Waals surface area contributed by atoms with Crippen molar-refractivity contribution < 1.29 is 0 Å². The molecule has 0 saturated carbocycles. The molecule has 0 aromatic carbocycles. The van der Waals surface area contributed by atoms with Gasteiger partial charge in [-0.15, -0.1) is 0 Å². The fraction of sp³-hybridized carbons (Fsp3) is 0.0909. The number of nitrogens with two attached hydrogens (primary N) is 1. The second-order valence-corrected chi connectivity index (χ2v) is 3.19. The minimum absolute atomic E-state index is 0.678. The monoisotopic (exact) mass is 185 g/mol. The fourth-order valence-corrected chi connectivity index (χ4v) is 1.34. The van der Waals surface area contributed by atoms with Crippen LogP contribution < -0.4 is 5.73 Å². The molecule has 0 aliphatic rings. The van der Waals surface area contributed by atoms with E-state index in [1.165, 1.54) is 0 Å². The molecular formula is C11H11N3. The normalized spacial score (nSPS) is 10.1. The van der Waals surface area contributed by atoms with Gasteiger partial charge in [0.2, 0.25) is 0 Å². The van der Waals surface area contributed by atoms with Crippen molar-refractivity contribution in [3.8, 4) is 11.1 Å². The number of rotatable bonds is 1. The van der Waals surface area contributed by atoms with E-state index in [9.17, 15) is 0 Å². The van der Waals surface area contributed by atoms with Crippen molar-refractivity contribution >= 4 is 5.69 Å². The molecule has 3 heteroatoms. The first-order valence-electron chi connectivity index (χ1n) is 4.39. The van der Waals surface area contributed by atoms with Crippen molar-refractivity contribution in [2.45, 2.75) is 6.92 Å². The third-order valence-electron chi connectivity index (χ3n) is 1.99. The van der Waals surface area contributed by atoms with Gasteiger partial charge in [0, 0.05) is 29.8 Å². The minimum atomic E-state index is 0.678. The molecule has 0 amide bonds. The quantitative estimate of drug-likeness (QED) is 0.739. The Kier molecular flexibility index (Phi) is 2.14. The molecule has 0 spiro atoms. The van der Waals surface area contributed by atoms with Crippen LogP contribution in [0.4, 0.5) is 5.69 Å². The van der Waals surface area contributed by atoms with Gasteiger partial charge in [-0.2, -0.15) is 0 Å². The molecule has 14 heavy (non-hydrogen) atoms. The molecular weight excluding hydrogens is 174 g/mol. The van der Waals surface area contributed by atoms with Crippen molar-refractivity contribution in [1.29, 1.82) is 0 Å². The van der Waals surface area contributed by atoms with Crippen molar-refractivity contribution in [2.75, 3.05) is 5.73 Å². The van der Waals surface area contributed by atoms with E-state index < -0.39 is 0 Å². The minimum Gasteiger partial charge on any atom is -0.397 e. The number of hydrogen-bond acceptors (Lipinski definition) is 3. The van der Waals surface area contributed by atoms with E-state index in [-0.39, 0.29) is 0 Å². The smallest absolute Gasteiger partial charge is 0.0506 e. The molecule has 0 bridgehead atoms. The van der Waals surface area contributed by atoms with E-state index in [1.807, 2.05) is 25.1 Å². The highest BCUT2D eigenvalue weighted by atomic mass is 14.7. The maximum Gasteiger partial charge on any atom is 0.0506 e. The van der Waals surface area contributed by atoms with Crippen LogP contribution in [-0.2, 0) is 0 Å². The van der Waals surface area contributed by atoms with Crippen LogP contribution in [0, 0.1) is 6.92 Å². The fourth-order valence-electron chi connectivity index (χ4n) is 1.34. The summed E-state index contributed by atoms with van der Waals surface area (Å²) in [5.74, 6) is 0. The first-order valence-corrected chi connectivity index (χ1v) is 4.39. The van der Waals surface area contributed by atoms with E-state index in [0.29, 0.717) is 5.69 Å². The second-order valence-electron chi connectivity index (χ2n) is 3.19. The van der Waals surface area contributed by atoms with Gasteiger partial charge < -0.3 is 5.73 Å². The van der Waals surface area contributed by atoms with Crippen LogP contribution in [0.25, 0.3) is 11.1 Å². The summed E-state index contributed by atoms with van der Waals surface area (Å²) >= 11 is 0. The van der Waals surface area contributed by atoms with Crippen LogP contribution in [0.2, 0.25) is 0 Å². The zero-order valence-electron chi connectivity index (χ0n) is 7.94. The second kappa shape index (κ2) is 3.46. The lowest BCUT2D eigenvalue weighted by Crippen LogP contribution is -1.88. The highest BCUT2D eigenvalue weighted by molar-refractivity contribution is 5.65. The lowest BCUT2D eigenvalue weighted by atomic mass is 10.1.